The van der Waals surface area contributed by atoms with Gasteiger partial charge in [0.2, 0.25) is 0 Å². The van der Waals surface area contributed by atoms with Crippen LogP contribution in [0.3, 0.4) is 0 Å². The molecule has 0 saturated carbocycles. The van der Waals surface area contributed by atoms with Crippen LogP contribution in [-0.2, 0) is 12.8 Å². The number of aromatic nitrogens is 2. The van der Waals surface area contributed by atoms with Crippen LogP contribution >= 0.6 is 23.2 Å². The topological polar surface area (TPSA) is 56.5 Å². The Balaban J connectivity index is 1.53. The van der Waals surface area contributed by atoms with Crippen molar-refractivity contribution in [2.75, 3.05) is 0 Å². The highest BCUT2D eigenvalue weighted by Crippen LogP contribution is 2.35. The molecule has 0 fully saturated rings. The van der Waals surface area contributed by atoms with Crippen LogP contribution in [0.15, 0.2) is 94.8 Å². The van der Waals surface area contributed by atoms with Gasteiger partial charge in [-0.3, -0.25) is 4.79 Å². The van der Waals surface area contributed by atoms with E-state index < -0.39 is 23.1 Å². The smallest absolute Gasteiger partial charge is 0.416 e. The SMILES string of the molecule is O=c1c2ccccc2nc(-c2cccc(C(F)(F)F)c2)n1N=Cc1cc(Cl)c(OCc2cccc(F)c2)c(Cl)c1. The van der Waals surface area contributed by atoms with Crippen LogP contribution in [0.1, 0.15) is 16.7 Å². The molecule has 5 nitrogen and oxygen atoms in total. The van der Waals surface area contributed by atoms with Crippen molar-refractivity contribution >= 4 is 40.3 Å². The van der Waals surface area contributed by atoms with Crippen molar-refractivity contribution < 1.29 is 22.3 Å². The first kappa shape index (κ1) is 27.4. The summed E-state index contributed by atoms with van der Waals surface area (Å²) in [6.45, 7) is 0.0170. The fourth-order valence-electron chi connectivity index (χ4n) is 3.95. The van der Waals surface area contributed by atoms with Crippen LogP contribution in [0.2, 0.25) is 10.0 Å². The first-order chi connectivity index (χ1) is 19.1. The van der Waals surface area contributed by atoms with Crippen LogP contribution in [-0.4, -0.2) is 15.9 Å². The summed E-state index contributed by atoms with van der Waals surface area (Å²) < 4.78 is 60.2. The third-order valence-electron chi connectivity index (χ3n) is 5.82. The van der Waals surface area contributed by atoms with Gasteiger partial charge in [-0.15, -0.1) is 0 Å². The first-order valence-corrected chi connectivity index (χ1v) is 12.5. The summed E-state index contributed by atoms with van der Waals surface area (Å²) in [6, 6.07) is 19.8. The molecular formula is C29H17Cl2F4N3O2. The second-order valence-corrected chi connectivity index (χ2v) is 9.44. The van der Waals surface area contributed by atoms with Gasteiger partial charge in [0.1, 0.15) is 12.4 Å². The second kappa shape index (κ2) is 11.1. The zero-order chi connectivity index (χ0) is 28.4. The minimum atomic E-state index is -4.59. The number of alkyl halides is 3. The molecule has 0 unspecified atom stereocenters. The second-order valence-electron chi connectivity index (χ2n) is 8.62. The lowest BCUT2D eigenvalue weighted by Gasteiger charge is -2.12. The summed E-state index contributed by atoms with van der Waals surface area (Å²) >= 11 is 12.8. The summed E-state index contributed by atoms with van der Waals surface area (Å²) in [5, 5.41) is 4.74. The standard InChI is InChI=1S/C29H17Cl2F4N3O2/c30-23-12-18(13-24(31)26(23)40-16-17-5-3-8-21(32)11-17)15-36-38-27(19-6-4-7-20(14-19)29(33,34)35)37-25-10-2-1-9-22(25)28(38)39/h1-15H,16H2. The van der Waals surface area contributed by atoms with Gasteiger partial charge >= 0.3 is 6.18 Å². The number of halogens is 6. The summed E-state index contributed by atoms with van der Waals surface area (Å²) in [6.07, 6.45) is -3.31. The maximum atomic E-state index is 13.5. The van der Waals surface area contributed by atoms with Gasteiger partial charge in [-0.25, -0.2) is 9.37 Å². The molecule has 0 atom stereocenters. The molecule has 11 heteroatoms. The van der Waals surface area contributed by atoms with E-state index in [1.807, 2.05) is 0 Å². The number of hydrogen-bond donors (Lipinski definition) is 0. The molecule has 0 bridgehead atoms. The zero-order valence-corrected chi connectivity index (χ0v) is 21.8. The maximum Gasteiger partial charge on any atom is 0.416 e. The normalized spacial score (nSPS) is 11.8. The predicted molar refractivity (Wildman–Crippen MR) is 147 cm³/mol. The van der Waals surface area contributed by atoms with Gasteiger partial charge in [0.05, 0.1) is 32.7 Å². The van der Waals surface area contributed by atoms with Crippen molar-refractivity contribution in [3.63, 3.8) is 0 Å². The fourth-order valence-corrected chi connectivity index (χ4v) is 4.56. The summed E-state index contributed by atoms with van der Waals surface area (Å²) in [5.74, 6) is -0.329. The Morgan fingerprint density at radius 3 is 2.38 bits per heavy atom. The van der Waals surface area contributed by atoms with E-state index in [0.29, 0.717) is 16.6 Å². The van der Waals surface area contributed by atoms with E-state index in [2.05, 4.69) is 10.1 Å². The fraction of sp³-hybridized carbons (Fsp3) is 0.0690. The van der Waals surface area contributed by atoms with Crippen molar-refractivity contribution in [2.45, 2.75) is 12.8 Å². The third kappa shape index (κ3) is 5.85. The van der Waals surface area contributed by atoms with E-state index in [1.165, 1.54) is 42.6 Å². The first-order valence-electron chi connectivity index (χ1n) is 11.7. The van der Waals surface area contributed by atoms with Gasteiger partial charge in [0, 0.05) is 5.56 Å². The summed E-state index contributed by atoms with van der Waals surface area (Å²) in [4.78, 5) is 17.8. The molecule has 4 aromatic carbocycles. The van der Waals surface area contributed by atoms with Gasteiger partial charge in [-0.2, -0.15) is 22.9 Å². The average molecular weight is 586 g/mol. The van der Waals surface area contributed by atoms with Gasteiger partial charge in [0.15, 0.2) is 11.6 Å². The molecule has 5 rings (SSSR count). The third-order valence-corrected chi connectivity index (χ3v) is 6.38. The molecule has 202 valence electrons. The lowest BCUT2D eigenvalue weighted by atomic mass is 10.1. The minimum Gasteiger partial charge on any atom is -0.486 e. The Bertz CT molecular complexity index is 1800. The quantitative estimate of drug-likeness (QED) is 0.150. The Hall–Kier alpha value is -4.21. The van der Waals surface area contributed by atoms with Crippen molar-refractivity contribution in [3.05, 3.63) is 128 Å². The van der Waals surface area contributed by atoms with Crippen LogP contribution in [0.25, 0.3) is 22.3 Å². The van der Waals surface area contributed by atoms with E-state index in [1.54, 1.807) is 36.4 Å². The minimum absolute atomic E-state index is 0.0170. The molecule has 0 aliphatic heterocycles. The van der Waals surface area contributed by atoms with Gasteiger partial charge in [-0.05, 0) is 59.7 Å². The number of fused-ring (bicyclic) bond motifs is 1. The largest absolute Gasteiger partial charge is 0.486 e. The van der Waals surface area contributed by atoms with Gasteiger partial charge in [0.25, 0.3) is 5.56 Å². The average Bonchev–Trinajstić information content (AvgIpc) is 2.92. The highest BCUT2D eigenvalue weighted by Gasteiger charge is 2.31. The zero-order valence-electron chi connectivity index (χ0n) is 20.3. The molecule has 1 heterocycles. The van der Waals surface area contributed by atoms with Crippen LogP contribution in [0.4, 0.5) is 17.6 Å². The molecule has 0 radical (unpaired) electrons. The molecule has 0 saturated heterocycles. The maximum absolute atomic E-state index is 13.5. The van der Waals surface area contributed by atoms with E-state index in [-0.39, 0.29) is 39.2 Å². The van der Waals surface area contributed by atoms with Crippen molar-refractivity contribution in [1.82, 2.24) is 9.66 Å². The van der Waals surface area contributed by atoms with Crippen LogP contribution in [0, 0.1) is 5.82 Å². The molecule has 1 aromatic heterocycles. The summed E-state index contributed by atoms with van der Waals surface area (Å²) in [7, 11) is 0. The van der Waals surface area contributed by atoms with Crippen molar-refractivity contribution in [2.24, 2.45) is 5.10 Å². The van der Waals surface area contributed by atoms with Crippen LogP contribution < -0.4 is 10.3 Å². The summed E-state index contributed by atoms with van der Waals surface area (Å²) in [5.41, 5.74) is -0.174. The van der Waals surface area contributed by atoms with E-state index in [0.717, 1.165) is 16.8 Å². The number of nitrogens with zero attached hydrogens (tertiary/aromatic N) is 3. The van der Waals surface area contributed by atoms with E-state index in [9.17, 15) is 22.4 Å². The predicted octanol–water partition coefficient (Wildman–Crippen LogP) is 7.99. The van der Waals surface area contributed by atoms with Gasteiger partial charge < -0.3 is 4.74 Å². The molecule has 0 spiro atoms. The van der Waals surface area contributed by atoms with E-state index in [4.69, 9.17) is 27.9 Å². The molecule has 5 aromatic rings. The van der Waals surface area contributed by atoms with Crippen LogP contribution in [0.5, 0.6) is 5.75 Å². The molecule has 0 aliphatic carbocycles. The van der Waals surface area contributed by atoms with E-state index >= 15 is 0 Å². The lowest BCUT2D eigenvalue weighted by Crippen LogP contribution is -2.20. The molecule has 0 aliphatic rings. The Morgan fingerprint density at radius 1 is 0.925 bits per heavy atom. The van der Waals surface area contributed by atoms with Crippen molar-refractivity contribution in [1.29, 1.82) is 0 Å². The number of hydrogen-bond acceptors (Lipinski definition) is 4. The molecular weight excluding hydrogens is 569 g/mol. The van der Waals surface area contributed by atoms with Crippen molar-refractivity contribution in [3.8, 4) is 17.1 Å². The Morgan fingerprint density at radius 2 is 1.65 bits per heavy atom. The monoisotopic (exact) mass is 585 g/mol. The molecule has 0 amide bonds. The highest BCUT2D eigenvalue weighted by molar-refractivity contribution is 6.37. The van der Waals surface area contributed by atoms with Gasteiger partial charge in [-0.1, -0.05) is 59.6 Å². The molecule has 40 heavy (non-hydrogen) atoms. The number of benzene rings is 4. The number of rotatable bonds is 6. The number of para-hydroxylation sites is 1. The highest BCUT2D eigenvalue weighted by atomic mass is 35.5. The Kier molecular flexibility index (Phi) is 7.60. The lowest BCUT2D eigenvalue weighted by molar-refractivity contribution is -0.137. The Labute approximate surface area is 234 Å². The molecule has 0 N–H and O–H groups in total. The number of ether oxygens (including phenoxy) is 1.